The maximum atomic E-state index is 12.5. The molecule has 0 fully saturated rings. The monoisotopic (exact) mass is 455 g/mol. The molecule has 0 saturated heterocycles. The maximum absolute atomic E-state index is 12.5. The minimum absolute atomic E-state index is 0.0202. The SMILES string of the molecule is CCCc1ccc(C(C)NC(=S)Nc2ccc(S(=O)(=O)Nc3ncccn3)cc2)cc1. The molecule has 9 heteroatoms. The maximum Gasteiger partial charge on any atom is 0.264 e. The Balaban J connectivity index is 1.58. The van der Waals surface area contributed by atoms with E-state index >= 15 is 0 Å². The number of aryl methyl sites for hydroxylation is 1. The molecule has 1 aromatic heterocycles. The van der Waals surface area contributed by atoms with Crippen molar-refractivity contribution < 1.29 is 8.42 Å². The summed E-state index contributed by atoms with van der Waals surface area (Å²) in [6.07, 6.45) is 5.12. The summed E-state index contributed by atoms with van der Waals surface area (Å²) in [5.41, 5.74) is 3.14. The molecule has 0 amide bonds. The Morgan fingerprint density at radius 1 is 1.03 bits per heavy atom. The van der Waals surface area contributed by atoms with Crippen LogP contribution in [0.3, 0.4) is 0 Å². The van der Waals surface area contributed by atoms with Crippen molar-refractivity contribution in [2.24, 2.45) is 0 Å². The number of nitrogens with one attached hydrogen (secondary N) is 3. The summed E-state index contributed by atoms with van der Waals surface area (Å²) in [6, 6.07) is 16.4. The molecule has 2 aromatic carbocycles. The van der Waals surface area contributed by atoms with Gasteiger partial charge in [-0.15, -0.1) is 0 Å². The third-order valence-electron chi connectivity index (χ3n) is 4.58. The summed E-state index contributed by atoms with van der Waals surface area (Å²) < 4.78 is 27.2. The van der Waals surface area contributed by atoms with Crippen LogP contribution in [0.15, 0.2) is 71.9 Å². The average Bonchev–Trinajstić information content (AvgIpc) is 2.75. The Morgan fingerprint density at radius 2 is 1.68 bits per heavy atom. The van der Waals surface area contributed by atoms with Crippen LogP contribution in [0.2, 0.25) is 0 Å². The Hall–Kier alpha value is -3.04. The average molecular weight is 456 g/mol. The van der Waals surface area contributed by atoms with Crippen molar-refractivity contribution in [3.63, 3.8) is 0 Å². The minimum Gasteiger partial charge on any atom is -0.356 e. The van der Waals surface area contributed by atoms with Gasteiger partial charge in [0.1, 0.15) is 0 Å². The van der Waals surface area contributed by atoms with Crippen molar-refractivity contribution in [1.29, 1.82) is 0 Å². The standard InChI is InChI=1S/C22H25N5O2S2/c1-3-5-17-6-8-18(9-7-17)16(2)25-22(30)26-19-10-12-20(13-11-19)31(28,29)27-21-23-14-4-15-24-21/h4,6-16H,3,5H2,1-2H3,(H,23,24,27)(H2,25,26,30). The second-order valence-electron chi connectivity index (χ2n) is 7.01. The molecule has 1 unspecified atom stereocenters. The van der Waals surface area contributed by atoms with E-state index < -0.39 is 10.0 Å². The fourth-order valence-corrected chi connectivity index (χ4v) is 4.21. The zero-order valence-electron chi connectivity index (χ0n) is 17.4. The number of nitrogens with zero attached hydrogens (tertiary/aromatic N) is 2. The van der Waals surface area contributed by atoms with Crippen LogP contribution in [0.1, 0.15) is 37.4 Å². The first kappa shape index (κ1) is 22.6. The van der Waals surface area contributed by atoms with E-state index in [1.54, 1.807) is 18.2 Å². The quantitative estimate of drug-likeness (QED) is 0.436. The summed E-state index contributed by atoms with van der Waals surface area (Å²) in [7, 11) is -3.77. The highest BCUT2D eigenvalue weighted by Gasteiger charge is 2.15. The van der Waals surface area contributed by atoms with Gasteiger partial charge in [0, 0.05) is 18.1 Å². The predicted molar refractivity (Wildman–Crippen MR) is 127 cm³/mol. The molecule has 162 valence electrons. The third kappa shape index (κ3) is 6.47. The van der Waals surface area contributed by atoms with Gasteiger partial charge >= 0.3 is 0 Å². The molecule has 0 saturated carbocycles. The molecule has 1 atom stereocenters. The van der Waals surface area contributed by atoms with E-state index in [0.717, 1.165) is 18.4 Å². The van der Waals surface area contributed by atoms with Crippen LogP contribution < -0.4 is 15.4 Å². The molecular formula is C22H25N5O2S2. The van der Waals surface area contributed by atoms with E-state index in [0.29, 0.717) is 10.8 Å². The van der Waals surface area contributed by atoms with Gasteiger partial charge in [0.05, 0.1) is 10.9 Å². The van der Waals surface area contributed by atoms with E-state index in [-0.39, 0.29) is 16.9 Å². The van der Waals surface area contributed by atoms with Gasteiger partial charge in [-0.05, 0) is 67.0 Å². The van der Waals surface area contributed by atoms with Crippen LogP contribution >= 0.6 is 12.2 Å². The Labute approximate surface area is 188 Å². The Bertz CT molecular complexity index is 1100. The summed E-state index contributed by atoms with van der Waals surface area (Å²) in [4.78, 5) is 7.85. The minimum atomic E-state index is -3.77. The zero-order chi connectivity index (χ0) is 22.3. The van der Waals surface area contributed by atoms with Gasteiger partial charge in [-0.25, -0.2) is 23.1 Å². The van der Waals surface area contributed by atoms with Gasteiger partial charge in [0.2, 0.25) is 5.95 Å². The lowest BCUT2D eigenvalue weighted by atomic mass is 10.0. The van der Waals surface area contributed by atoms with Crippen LogP contribution in [-0.2, 0) is 16.4 Å². The van der Waals surface area contributed by atoms with Crippen LogP contribution in [0.4, 0.5) is 11.6 Å². The van der Waals surface area contributed by atoms with Crippen molar-refractivity contribution in [3.8, 4) is 0 Å². The van der Waals surface area contributed by atoms with Crippen molar-refractivity contribution in [1.82, 2.24) is 15.3 Å². The van der Waals surface area contributed by atoms with Crippen LogP contribution in [0.5, 0.6) is 0 Å². The van der Waals surface area contributed by atoms with Crippen molar-refractivity contribution >= 4 is 39.0 Å². The smallest absolute Gasteiger partial charge is 0.264 e. The van der Waals surface area contributed by atoms with Crippen molar-refractivity contribution in [3.05, 3.63) is 78.1 Å². The summed E-state index contributed by atoms with van der Waals surface area (Å²) >= 11 is 5.40. The highest BCUT2D eigenvalue weighted by molar-refractivity contribution is 7.92. The molecule has 0 aliphatic rings. The van der Waals surface area contributed by atoms with Gasteiger partial charge < -0.3 is 10.6 Å². The second-order valence-corrected chi connectivity index (χ2v) is 9.10. The number of sulfonamides is 1. The van der Waals surface area contributed by atoms with E-state index in [1.807, 2.05) is 6.92 Å². The number of benzene rings is 2. The topological polar surface area (TPSA) is 96.0 Å². The van der Waals surface area contributed by atoms with Crippen LogP contribution in [0.25, 0.3) is 0 Å². The van der Waals surface area contributed by atoms with Gasteiger partial charge in [0.15, 0.2) is 5.11 Å². The van der Waals surface area contributed by atoms with Gasteiger partial charge in [-0.3, -0.25) is 0 Å². The van der Waals surface area contributed by atoms with Gasteiger partial charge in [-0.1, -0.05) is 37.6 Å². The largest absolute Gasteiger partial charge is 0.356 e. The van der Waals surface area contributed by atoms with Gasteiger partial charge in [0.25, 0.3) is 10.0 Å². The number of anilines is 2. The molecule has 0 spiro atoms. The number of rotatable bonds is 8. The number of aromatic nitrogens is 2. The number of hydrogen-bond donors (Lipinski definition) is 3. The predicted octanol–water partition coefficient (Wildman–Crippen LogP) is 4.28. The molecule has 3 aromatic rings. The molecule has 3 N–H and O–H groups in total. The fraction of sp³-hybridized carbons (Fsp3) is 0.227. The number of hydrogen-bond acceptors (Lipinski definition) is 5. The fourth-order valence-electron chi connectivity index (χ4n) is 2.96. The highest BCUT2D eigenvalue weighted by atomic mass is 32.2. The van der Waals surface area contributed by atoms with Crippen LogP contribution in [-0.4, -0.2) is 23.5 Å². The lowest BCUT2D eigenvalue weighted by molar-refractivity contribution is 0.601. The molecule has 0 aliphatic heterocycles. The normalized spacial score (nSPS) is 12.1. The molecule has 0 radical (unpaired) electrons. The van der Waals surface area contributed by atoms with Gasteiger partial charge in [-0.2, -0.15) is 0 Å². The van der Waals surface area contributed by atoms with Crippen molar-refractivity contribution in [2.45, 2.75) is 37.6 Å². The summed E-state index contributed by atoms with van der Waals surface area (Å²) in [6.45, 7) is 4.20. The first-order chi connectivity index (χ1) is 14.9. The molecule has 3 rings (SSSR count). The van der Waals surface area contributed by atoms with Crippen molar-refractivity contribution in [2.75, 3.05) is 10.0 Å². The first-order valence-electron chi connectivity index (χ1n) is 9.93. The molecule has 7 nitrogen and oxygen atoms in total. The van der Waals surface area contributed by atoms with E-state index in [1.165, 1.54) is 30.1 Å². The summed E-state index contributed by atoms with van der Waals surface area (Å²) in [5.74, 6) is 0.0202. The zero-order valence-corrected chi connectivity index (χ0v) is 19.0. The number of thiocarbonyl (C=S) groups is 1. The highest BCUT2D eigenvalue weighted by Crippen LogP contribution is 2.18. The first-order valence-corrected chi connectivity index (χ1v) is 11.8. The van der Waals surface area contributed by atoms with E-state index in [9.17, 15) is 8.42 Å². The van der Waals surface area contributed by atoms with Crippen LogP contribution in [0, 0.1) is 0 Å². The molecule has 31 heavy (non-hydrogen) atoms. The lowest BCUT2D eigenvalue weighted by Crippen LogP contribution is -2.30. The Morgan fingerprint density at radius 3 is 2.29 bits per heavy atom. The van der Waals surface area contributed by atoms with E-state index in [4.69, 9.17) is 12.2 Å². The van der Waals surface area contributed by atoms with E-state index in [2.05, 4.69) is 56.5 Å². The summed E-state index contributed by atoms with van der Waals surface area (Å²) in [5, 5.41) is 6.79. The molecular weight excluding hydrogens is 430 g/mol. The molecule has 0 aliphatic carbocycles. The lowest BCUT2D eigenvalue weighted by Gasteiger charge is -2.18. The molecule has 1 heterocycles. The Kier molecular flexibility index (Phi) is 7.54. The third-order valence-corrected chi connectivity index (χ3v) is 6.14. The molecule has 0 bridgehead atoms. The second kappa shape index (κ2) is 10.3.